The number of anilines is 1. The van der Waals surface area contributed by atoms with Crippen LogP contribution in [0.1, 0.15) is 31.2 Å². The van der Waals surface area contributed by atoms with E-state index >= 15 is 0 Å². The zero-order chi connectivity index (χ0) is 13.0. The first-order valence-electron chi connectivity index (χ1n) is 6.17. The molecule has 0 spiro atoms. The molecule has 18 heavy (non-hydrogen) atoms. The van der Waals surface area contributed by atoms with Crippen molar-refractivity contribution in [3.63, 3.8) is 0 Å². The van der Waals surface area contributed by atoms with Gasteiger partial charge in [0.05, 0.1) is 0 Å². The molecular formula is C14H17BrN2O. The second kappa shape index (κ2) is 6.05. The number of aryl methyl sites for hydroxylation is 1. The van der Waals surface area contributed by atoms with E-state index in [0.29, 0.717) is 0 Å². The summed E-state index contributed by atoms with van der Waals surface area (Å²) in [4.78, 5) is 11.7. The Kier molecular flexibility index (Phi) is 4.42. The minimum Gasteiger partial charge on any atom is -0.314 e. The zero-order valence-corrected chi connectivity index (χ0v) is 12.0. The van der Waals surface area contributed by atoms with E-state index in [1.807, 2.05) is 31.3 Å². The molecule has 4 heteroatoms. The van der Waals surface area contributed by atoms with Gasteiger partial charge in [0.15, 0.2) is 0 Å². The lowest BCUT2D eigenvalue weighted by molar-refractivity contribution is 0.255. The number of hydrogen-bond acceptors (Lipinski definition) is 1. The topological polar surface area (TPSA) is 41.1 Å². The van der Waals surface area contributed by atoms with Crippen molar-refractivity contribution in [2.75, 3.05) is 5.32 Å². The summed E-state index contributed by atoms with van der Waals surface area (Å²) in [6.07, 6.45) is 6.53. The maximum atomic E-state index is 11.7. The molecule has 0 saturated heterocycles. The van der Waals surface area contributed by atoms with Gasteiger partial charge in [-0.2, -0.15) is 0 Å². The van der Waals surface area contributed by atoms with Crippen molar-refractivity contribution in [1.29, 1.82) is 0 Å². The van der Waals surface area contributed by atoms with Crippen molar-refractivity contribution < 1.29 is 4.79 Å². The molecule has 0 bridgehead atoms. The van der Waals surface area contributed by atoms with Crippen LogP contribution in [0, 0.1) is 6.92 Å². The van der Waals surface area contributed by atoms with E-state index in [4.69, 9.17) is 0 Å². The molecule has 1 aliphatic carbocycles. The molecule has 1 saturated carbocycles. The Labute approximate surface area is 116 Å². The average Bonchev–Trinajstić information content (AvgIpc) is 2.84. The second-order valence-corrected chi connectivity index (χ2v) is 5.43. The van der Waals surface area contributed by atoms with E-state index < -0.39 is 0 Å². The highest BCUT2D eigenvalue weighted by atomic mass is 79.9. The van der Waals surface area contributed by atoms with Crippen LogP contribution in [0.25, 0.3) is 0 Å². The Bertz CT molecular complexity index is 475. The molecule has 0 heterocycles. The fraction of sp³-hybridized carbons (Fsp3) is 0.357. The number of urea groups is 1. The van der Waals surface area contributed by atoms with Crippen LogP contribution in [0.3, 0.4) is 0 Å². The van der Waals surface area contributed by atoms with E-state index in [9.17, 15) is 4.79 Å². The minimum absolute atomic E-state index is 0.184. The molecule has 3 nitrogen and oxygen atoms in total. The van der Waals surface area contributed by atoms with E-state index in [1.165, 1.54) is 18.4 Å². The highest BCUT2D eigenvalue weighted by molar-refractivity contribution is 9.10. The second-order valence-electron chi connectivity index (χ2n) is 4.57. The number of allylic oxidation sites excluding steroid dienone is 1. The number of rotatable bonds is 2. The molecule has 0 atom stereocenters. The molecule has 1 aromatic rings. The fourth-order valence-corrected chi connectivity index (χ4v) is 2.28. The molecule has 96 valence electrons. The largest absolute Gasteiger partial charge is 0.323 e. The van der Waals surface area contributed by atoms with Gasteiger partial charge in [0.2, 0.25) is 0 Å². The van der Waals surface area contributed by atoms with Crippen molar-refractivity contribution in [3.8, 4) is 0 Å². The van der Waals surface area contributed by atoms with Crippen molar-refractivity contribution in [2.45, 2.75) is 32.6 Å². The molecule has 1 aromatic carbocycles. The van der Waals surface area contributed by atoms with E-state index in [0.717, 1.165) is 28.6 Å². The summed E-state index contributed by atoms with van der Waals surface area (Å²) in [6, 6.07) is 5.56. The SMILES string of the molecule is Cc1cc(NC(=O)NC=C2CCCC2)ccc1Br. The molecule has 0 aliphatic heterocycles. The third-order valence-electron chi connectivity index (χ3n) is 3.07. The quantitative estimate of drug-likeness (QED) is 0.838. The molecule has 0 aromatic heterocycles. The van der Waals surface area contributed by atoms with Crippen LogP contribution in [0.15, 0.2) is 34.4 Å². The van der Waals surface area contributed by atoms with Gasteiger partial charge in [-0.25, -0.2) is 4.79 Å². The van der Waals surface area contributed by atoms with Gasteiger partial charge in [0.25, 0.3) is 0 Å². The summed E-state index contributed by atoms with van der Waals surface area (Å²) in [5.41, 5.74) is 3.23. The van der Waals surface area contributed by atoms with Crippen molar-refractivity contribution in [1.82, 2.24) is 5.32 Å². The smallest absolute Gasteiger partial charge is 0.314 e. The summed E-state index contributed by atoms with van der Waals surface area (Å²) < 4.78 is 1.04. The molecule has 2 rings (SSSR count). The summed E-state index contributed by atoms with van der Waals surface area (Å²) in [6.45, 7) is 1.99. The first-order valence-corrected chi connectivity index (χ1v) is 6.96. The van der Waals surface area contributed by atoms with Crippen LogP contribution in [-0.2, 0) is 0 Å². The molecule has 2 N–H and O–H groups in total. The van der Waals surface area contributed by atoms with Crippen molar-refractivity contribution in [2.24, 2.45) is 0 Å². The molecular weight excluding hydrogens is 292 g/mol. The molecule has 1 aliphatic rings. The minimum atomic E-state index is -0.184. The highest BCUT2D eigenvalue weighted by Crippen LogP contribution is 2.23. The first kappa shape index (κ1) is 13.1. The third kappa shape index (κ3) is 3.60. The lowest BCUT2D eigenvalue weighted by Gasteiger charge is -2.07. The molecule has 2 amide bonds. The van der Waals surface area contributed by atoms with Gasteiger partial charge in [0, 0.05) is 16.4 Å². The number of nitrogens with one attached hydrogen (secondary N) is 2. The number of benzene rings is 1. The van der Waals surface area contributed by atoms with Crippen molar-refractivity contribution >= 4 is 27.6 Å². The normalized spacial score (nSPS) is 14.4. The number of halogens is 1. The lowest BCUT2D eigenvalue weighted by Crippen LogP contribution is -2.24. The Morgan fingerprint density at radius 3 is 2.72 bits per heavy atom. The molecule has 1 fully saturated rings. The maximum absolute atomic E-state index is 11.7. The van der Waals surface area contributed by atoms with Crippen LogP contribution in [0.2, 0.25) is 0 Å². The third-order valence-corrected chi connectivity index (χ3v) is 3.96. The summed E-state index contributed by atoms with van der Waals surface area (Å²) in [5, 5.41) is 5.60. The summed E-state index contributed by atoms with van der Waals surface area (Å²) >= 11 is 3.43. The summed E-state index contributed by atoms with van der Waals surface area (Å²) in [7, 11) is 0. The van der Waals surface area contributed by atoms with Gasteiger partial charge in [-0.15, -0.1) is 0 Å². The van der Waals surface area contributed by atoms with Gasteiger partial charge < -0.3 is 10.6 Å². The lowest BCUT2D eigenvalue weighted by atomic mass is 10.2. The number of carbonyl (C=O) groups excluding carboxylic acids is 1. The molecule has 0 unspecified atom stereocenters. The highest BCUT2D eigenvalue weighted by Gasteiger charge is 2.07. The van der Waals surface area contributed by atoms with Gasteiger partial charge in [0.1, 0.15) is 0 Å². The number of hydrogen-bond donors (Lipinski definition) is 2. The Morgan fingerprint density at radius 2 is 2.06 bits per heavy atom. The first-order chi connectivity index (χ1) is 8.65. The Hall–Kier alpha value is -1.29. The van der Waals surface area contributed by atoms with Crippen LogP contribution < -0.4 is 10.6 Å². The van der Waals surface area contributed by atoms with E-state index in [2.05, 4.69) is 26.6 Å². The zero-order valence-electron chi connectivity index (χ0n) is 10.4. The van der Waals surface area contributed by atoms with Gasteiger partial charge in [-0.3, -0.25) is 0 Å². The maximum Gasteiger partial charge on any atom is 0.323 e. The van der Waals surface area contributed by atoms with Gasteiger partial charge >= 0.3 is 6.03 Å². The Morgan fingerprint density at radius 1 is 1.33 bits per heavy atom. The van der Waals surface area contributed by atoms with Crippen LogP contribution in [-0.4, -0.2) is 6.03 Å². The van der Waals surface area contributed by atoms with Crippen molar-refractivity contribution in [3.05, 3.63) is 40.0 Å². The van der Waals surface area contributed by atoms with Gasteiger partial charge in [-0.05, 0) is 56.4 Å². The monoisotopic (exact) mass is 308 g/mol. The van der Waals surface area contributed by atoms with E-state index in [-0.39, 0.29) is 6.03 Å². The average molecular weight is 309 g/mol. The van der Waals surface area contributed by atoms with Crippen LogP contribution >= 0.6 is 15.9 Å². The van der Waals surface area contributed by atoms with Crippen LogP contribution in [0.4, 0.5) is 10.5 Å². The number of carbonyl (C=O) groups is 1. The van der Waals surface area contributed by atoms with E-state index in [1.54, 1.807) is 0 Å². The molecule has 0 radical (unpaired) electrons. The predicted octanol–water partition coefficient (Wildman–Crippen LogP) is 4.34. The standard InChI is InChI=1S/C14H17BrN2O/c1-10-8-12(6-7-13(10)15)17-14(18)16-9-11-4-2-3-5-11/h6-9H,2-5H2,1H3,(H2,16,17,18). The van der Waals surface area contributed by atoms with Gasteiger partial charge in [-0.1, -0.05) is 21.5 Å². The predicted molar refractivity (Wildman–Crippen MR) is 77.6 cm³/mol. The summed E-state index contributed by atoms with van der Waals surface area (Å²) in [5.74, 6) is 0. The fourth-order valence-electron chi connectivity index (χ4n) is 2.03. The number of amides is 2. The van der Waals surface area contributed by atoms with Crippen LogP contribution in [0.5, 0.6) is 0 Å². The Balaban J connectivity index is 1.90.